The molecular weight excluding hydrogens is 335 g/mol. The monoisotopic (exact) mass is 346 g/mol. The molecule has 0 bridgehead atoms. The Hall–Kier alpha value is -2.30. The van der Waals surface area contributed by atoms with Gasteiger partial charge in [0, 0.05) is 16.1 Å². The van der Waals surface area contributed by atoms with Gasteiger partial charge in [0.05, 0.1) is 5.02 Å². The molecule has 0 aliphatic rings. The third-order valence-corrected chi connectivity index (χ3v) is 3.92. The van der Waals surface area contributed by atoms with E-state index in [1.807, 2.05) is 25.1 Å². The van der Waals surface area contributed by atoms with Gasteiger partial charge in [-0.2, -0.15) is 0 Å². The molecule has 2 aromatic carbocycles. The van der Waals surface area contributed by atoms with Crippen LogP contribution in [0.25, 0.3) is 11.0 Å². The lowest BCUT2D eigenvalue weighted by atomic mass is 10.1. The molecule has 1 heterocycles. The van der Waals surface area contributed by atoms with Gasteiger partial charge in [0.25, 0.3) is 5.91 Å². The van der Waals surface area contributed by atoms with E-state index < -0.39 is 5.91 Å². The Kier molecular flexibility index (Phi) is 4.11. The number of hydrogen-bond acceptors (Lipinski definition) is 3. The number of anilines is 1. The first-order chi connectivity index (χ1) is 11.0. The van der Waals surface area contributed by atoms with Gasteiger partial charge >= 0.3 is 0 Å². The molecule has 0 spiro atoms. The van der Waals surface area contributed by atoms with E-state index in [-0.39, 0.29) is 11.1 Å². The third-order valence-electron chi connectivity index (χ3n) is 3.42. The Bertz CT molecular complexity index is 980. The first-order valence-electron chi connectivity index (χ1n) is 6.80. The number of halogens is 2. The van der Waals surface area contributed by atoms with Crippen molar-refractivity contribution < 1.29 is 9.21 Å². The summed E-state index contributed by atoms with van der Waals surface area (Å²) in [6, 6.07) is 12.1. The van der Waals surface area contributed by atoms with Gasteiger partial charge in [0.1, 0.15) is 5.56 Å². The van der Waals surface area contributed by atoms with Crippen LogP contribution >= 0.6 is 23.2 Å². The van der Waals surface area contributed by atoms with E-state index >= 15 is 0 Å². The molecule has 0 atom stereocenters. The largest absolute Gasteiger partial charge is 0.437 e. The smallest absolute Gasteiger partial charge is 0.261 e. The number of hydrogen-bond donors (Lipinski definition) is 2. The molecule has 0 unspecified atom stereocenters. The van der Waals surface area contributed by atoms with Gasteiger partial charge in [0.15, 0.2) is 5.58 Å². The molecule has 23 heavy (non-hydrogen) atoms. The molecule has 1 amide bonds. The molecule has 116 valence electrons. The summed E-state index contributed by atoms with van der Waals surface area (Å²) < 4.78 is 5.38. The van der Waals surface area contributed by atoms with Crippen LogP contribution in [0.3, 0.4) is 0 Å². The third kappa shape index (κ3) is 3.09. The molecule has 2 N–H and O–H groups in total. The van der Waals surface area contributed by atoms with Crippen LogP contribution in [0.4, 0.5) is 5.69 Å². The van der Waals surface area contributed by atoms with Crippen LogP contribution in [-0.4, -0.2) is 5.91 Å². The second-order valence-corrected chi connectivity index (χ2v) is 5.91. The second-order valence-electron chi connectivity index (χ2n) is 5.06. The van der Waals surface area contributed by atoms with Crippen LogP contribution in [0.5, 0.6) is 0 Å². The summed E-state index contributed by atoms with van der Waals surface area (Å²) in [5.41, 5.74) is 1.79. The lowest BCUT2D eigenvalue weighted by molar-refractivity contribution is 0.102. The maximum atomic E-state index is 12.4. The number of nitrogens with one attached hydrogen (secondary N) is 2. The number of amides is 1. The number of fused-ring (bicyclic) bond motifs is 1. The fraction of sp³-hybridized carbons (Fsp3) is 0.0588. The summed E-state index contributed by atoms with van der Waals surface area (Å²) in [6.07, 6.45) is 0. The van der Waals surface area contributed by atoms with E-state index in [0.717, 1.165) is 5.56 Å². The number of aryl methyl sites for hydroxylation is 1. The van der Waals surface area contributed by atoms with Crippen molar-refractivity contribution in [2.75, 3.05) is 5.32 Å². The Balaban J connectivity index is 2.06. The van der Waals surface area contributed by atoms with Crippen molar-refractivity contribution in [3.63, 3.8) is 0 Å². The molecule has 0 saturated heterocycles. The highest BCUT2D eigenvalue weighted by atomic mass is 35.5. The van der Waals surface area contributed by atoms with Crippen LogP contribution in [0.2, 0.25) is 10.0 Å². The van der Waals surface area contributed by atoms with Crippen molar-refractivity contribution in [2.24, 2.45) is 0 Å². The first-order valence-corrected chi connectivity index (χ1v) is 7.56. The Morgan fingerprint density at radius 3 is 2.65 bits per heavy atom. The van der Waals surface area contributed by atoms with Gasteiger partial charge in [0.2, 0.25) is 5.55 Å². The fourth-order valence-electron chi connectivity index (χ4n) is 2.24. The molecule has 3 aromatic rings. The lowest BCUT2D eigenvalue weighted by Gasteiger charge is -2.09. The Labute approximate surface area is 142 Å². The highest BCUT2D eigenvalue weighted by Gasteiger charge is 2.14. The Morgan fingerprint density at radius 2 is 1.91 bits per heavy atom. The van der Waals surface area contributed by atoms with Crippen molar-refractivity contribution in [1.82, 2.24) is 0 Å². The summed E-state index contributed by atoms with van der Waals surface area (Å²) in [6.45, 7) is 1.89. The second kappa shape index (κ2) is 6.07. The number of carbonyl (C=O) groups is 1. The maximum Gasteiger partial charge on any atom is 0.261 e. The van der Waals surface area contributed by atoms with Crippen molar-refractivity contribution in [3.8, 4) is 0 Å². The molecular formula is C17H12Cl2N2O2. The predicted molar refractivity (Wildman–Crippen MR) is 91.2 cm³/mol. The summed E-state index contributed by atoms with van der Waals surface area (Å²) in [5, 5.41) is 12.0. The quantitative estimate of drug-likeness (QED) is 0.701. The van der Waals surface area contributed by atoms with Crippen LogP contribution in [-0.2, 0) is 0 Å². The molecule has 0 fully saturated rings. The van der Waals surface area contributed by atoms with E-state index in [9.17, 15) is 4.79 Å². The zero-order valence-electron chi connectivity index (χ0n) is 12.1. The normalized spacial score (nSPS) is 10.7. The average molecular weight is 347 g/mol. The SMILES string of the molecule is Cc1ccccc1NC(=O)c1cc2cc(Cl)cc(Cl)c2oc1=N. The van der Waals surface area contributed by atoms with Crippen LogP contribution in [0.15, 0.2) is 46.9 Å². The van der Waals surface area contributed by atoms with E-state index in [1.165, 1.54) is 6.07 Å². The van der Waals surface area contributed by atoms with E-state index in [0.29, 0.717) is 26.7 Å². The zero-order valence-corrected chi connectivity index (χ0v) is 13.6. The van der Waals surface area contributed by atoms with Gasteiger partial charge in [-0.15, -0.1) is 0 Å². The van der Waals surface area contributed by atoms with Gasteiger partial charge < -0.3 is 9.73 Å². The average Bonchev–Trinajstić information content (AvgIpc) is 2.49. The number of carbonyl (C=O) groups excluding carboxylic acids is 1. The van der Waals surface area contributed by atoms with Crippen LogP contribution in [0.1, 0.15) is 15.9 Å². The molecule has 6 heteroatoms. The van der Waals surface area contributed by atoms with Gasteiger partial charge in [-0.25, -0.2) is 0 Å². The predicted octanol–water partition coefficient (Wildman–Crippen LogP) is 4.78. The Morgan fingerprint density at radius 1 is 1.17 bits per heavy atom. The molecule has 0 radical (unpaired) electrons. The topological polar surface area (TPSA) is 66.1 Å². The summed E-state index contributed by atoms with van der Waals surface area (Å²) >= 11 is 12.0. The molecule has 3 rings (SSSR count). The van der Waals surface area contributed by atoms with E-state index in [4.69, 9.17) is 33.0 Å². The van der Waals surface area contributed by atoms with E-state index in [2.05, 4.69) is 5.32 Å². The summed E-state index contributed by atoms with van der Waals surface area (Å²) in [7, 11) is 0. The molecule has 1 aromatic heterocycles. The minimum atomic E-state index is -0.425. The van der Waals surface area contributed by atoms with Crippen molar-refractivity contribution >= 4 is 45.8 Å². The van der Waals surface area contributed by atoms with Crippen LogP contribution < -0.4 is 10.9 Å². The standard InChI is InChI=1S/C17H12Cl2N2O2/c1-9-4-2-3-5-14(9)21-17(22)12-7-10-6-11(18)8-13(19)15(10)23-16(12)20/h2-8,20H,1H3,(H,21,22). The van der Waals surface area contributed by atoms with Gasteiger partial charge in [-0.3, -0.25) is 10.2 Å². The number of benzene rings is 2. The first kappa shape index (κ1) is 15.6. The van der Waals surface area contributed by atoms with Crippen molar-refractivity contribution in [3.05, 3.63) is 69.2 Å². The zero-order chi connectivity index (χ0) is 16.6. The summed E-state index contributed by atoms with van der Waals surface area (Å²) in [4.78, 5) is 12.4. The molecule has 0 aliphatic heterocycles. The minimum absolute atomic E-state index is 0.110. The number of para-hydroxylation sites is 1. The highest BCUT2D eigenvalue weighted by molar-refractivity contribution is 6.38. The van der Waals surface area contributed by atoms with Crippen molar-refractivity contribution in [1.29, 1.82) is 5.41 Å². The maximum absolute atomic E-state index is 12.4. The van der Waals surface area contributed by atoms with Gasteiger partial charge in [-0.1, -0.05) is 41.4 Å². The van der Waals surface area contributed by atoms with Gasteiger partial charge in [-0.05, 0) is 36.8 Å². The van der Waals surface area contributed by atoms with Crippen molar-refractivity contribution in [2.45, 2.75) is 6.92 Å². The molecule has 0 aliphatic carbocycles. The molecule has 0 saturated carbocycles. The van der Waals surface area contributed by atoms with E-state index in [1.54, 1.807) is 18.2 Å². The van der Waals surface area contributed by atoms with Crippen LogP contribution in [0, 0.1) is 12.3 Å². The molecule has 4 nitrogen and oxygen atoms in total. The lowest BCUT2D eigenvalue weighted by Crippen LogP contribution is -2.21. The fourth-order valence-corrected chi connectivity index (χ4v) is 2.79. The minimum Gasteiger partial charge on any atom is -0.437 e. The summed E-state index contributed by atoms with van der Waals surface area (Å²) in [5.74, 6) is -0.425. The number of rotatable bonds is 2. The highest BCUT2D eigenvalue weighted by Crippen LogP contribution is 2.27.